The number of hydrogen-bond donors (Lipinski definition) is 1. The summed E-state index contributed by atoms with van der Waals surface area (Å²) in [5, 5.41) is 9.36. The number of aliphatic carboxylic acids is 1. The number of amides is 3. The minimum Gasteiger partial charge on any atom is -0.480 e. The summed E-state index contributed by atoms with van der Waals surface area (Å²) in [5.41, 5.74) is -0.418. The van der Waals surface area contributed by atoms with Gasteiger partial charge in [-0.25, -0.2) is 9.59 Å². The second kappa shape index (κ2) is 7.43. The first-order valence-corrected chi connectivity index (χ1v) is 8.50. The maximum Gasteiger partial charge on any atom is 0.326 e. The van der Waals surface area contributed by atoms with Crippen LogP contribution < -0.4 is 0 Å². The number of carboxylic acids is 1. The summed E-state index contributed by atoms with van der Waals surface area (Å²) in [6.45, 7) is 8.75. The number of likely N-dealkylation sites (tertiary alicyclic amines) is 1. The number of piperidine rings is 1. The van der Waals surface area contributed by atoms with E-state index in [0.717, 1.165) is 0 Å². The van der Waals surface area contributed by atoms with Crippen molar-refractivity contribution in [1.29, 1.82) is 0 Å². The van der Waals surface area contributed by atoms with Gasteiger partial charge in [0, 0.05) is 20.1 Å². The van der Waals surface area contributed by atoms with Crippen molar-refractivity contribution < 1.29 is 24.2 Å². The molecule has 8 nitrogen and oxygen atoms in total. The minimum atomic E-state index is -1.00. The second-order valence-corrected chi connectivity index (χ2v) is 7.10. The quantitative estimate of drug-likeness (QED) is 0.761. The number of likely N-dealkylation sites (N-methyl/N-ethyl adjacent to an activating group) is 1. The highest BCUT2D eigenvalue weighted by Gasteiger charge is 2.44. The van der Waals surface area contributed by atoms with Gasteiger partial charge in [-0.2, -0.15) is 0 Å². The zero-order chi connectivity index (χ0) is 18.8. The van der Waals surface area contributed by atoms with Crippen LogP contribution in [0.5, 0.6) is 0 Å². The molecule has 1 unspecified atom stereocenters. The van der Waals surface area contributed by atoms with E-state index in [4.69, 9.17) is 4.74 Å². The Morgan fingerprint density at radius 3 is 2.32 bits per heavy atom. The van der Waals surface area contributed by atoms with Crippen LogP contribution in [-0.4, -0.2) is 82.8 Å². The van der Waals surface area contributed by atoms with E-state index in [1.165, 1.54) is 18.0 Å². The molecule has 0 aliphatic carbocycles. The summed E-state index contributed by atoms with van der Waals surface area (Å²) < 4.78 is 5.84. The molecule has 2 heterocycles. The van der Waals surface area contributed by atoms with Crippen molar-refractivity contribution >= 4 is 17.9 Å². The van der Waals surface area contributed by atoms with Crippen LogP contribution in [0.25, 0.3) is 0 Å². The molecule has 2 rings (SSSR count). The molecule has 1 spiro atoms. The number of carbonyl (C=O) groups excluding carboxylic acids is 2. The van der Waals surface area contributed by atoms with Crippen LogP contribution in [0.15, 0.2) is 12.7 Å². The normalized spacial score (nSPS) is 20.6. The third-order valence-corrected chi connectivity index (χ3v) is 5.04. The monoisotopic (exact) mass is 353 g/mol. The molecule has 0 aromatic heterocycles. The van der Waals surface area contributed by atoms with E-state index in [9.17, 15) is 19.5 Å². The summed E-state index contributed by atoms with van der Waals surface area (Å²) in [6.07, 6.45) is 2.51. The molecule has 8 heteroatoms. The Morgan fingerprint density at radius 1 is 1.24 bits per heavy atom. The molecule has 2 aliphatic heterocycles. The summed E-state index contributed by atoms with van der Waals surface area (Å²) >= 11 is 0. The highest BCUT2D eigenvalue weighted by atomic mass is 16.5. The molecular weight excluding hydrogens is 326 g/mol. The highest BCUT2D eigenvalue weighted by molar-refractivity contribution is 5.87. The molecule has 1 atom stereocenters. The van der Waals surface area contributed by atoms with Crippen molar-refractivity contribution in [2.24, 2.45) is 5.92 Å². The average molecular weight is 353 g/mol. The fraction of sp³-hybridized carbons (Fsp3) is 0.706. The van der Waals surface area contributed by atoms with Gasteiger partial charge in [-0.15, -0.1) is 0 Å². The van der Waals surface area contributed by atoms with E-state index in [-0.39, 0.29) is 24.6 Å². The lowest BCUT2D eigenvalue weighted by Gasteiger charge is -2.40. The van der Waals surface area contributed by atoms with Crippen molar-refractivity contribution in [2.45, 2.75) is 38.3 Å². The predicted molar refractivity (Wildman–Crippen MR) is 90.8 cm³/mol. The molecule has 0 aromatic rings. The van der Waals surface area contributed by atoms with E-state index in [1.807, 2.05) is 0 Å². The van der Waals surface area contributed by atoms with Gasteiger partial charge in [0.1, 0.15) is 12.8 Å². The predicted octanol–water partition coefficient (Wildman–Crippen LogP) is 0.984. The van der Waals surface area contributed by atoms with Gasteiger partial charge in [0.15, 0.2) is 0 Å². The zero-order valence-corrected chi connectivity index (χ0v) is 15.1. The van der Waals surface area contributed by atoms with E-state index < -0.39 is 17.6 Å². The Balaban J connectivity index is 1.95. The SMILES string of the molecule is C=CC(=O)N1COC2(CCN(C(=O)N(C)C(C(=O)O)C(C)C)CC2)C1. The molecule has 0 bridgehead atoms. The van der Waals surface area contributed by atoms with Crippen LogP contribution in [0.1, 0.15) is 26.7 Å². The van der Waals surface area contributed by atoms with E-state index in [0.29, 0.717) is 32.5 Å². The van der Waals surface area contributed by atoms with E-state index in [2.05, 4.69) is 6.58 Å². The summed E-state index contributed by atoms with van der Waals surface area (Å²) in [5.74, 6) is -1.34. The van der Waals surface area contributed by atoms with Crippen molar-refractivity contribution in [3.8, 4) is 0 Å². The number of hydrogen-bond acceptors (Lipinski definition) is 4. The first-order chi connectivity index (χ1) is 11.7. The molecule has 2 saturated heterocycles. The van der Waals surface area contributed by atoms with Crippen LogP contribution >= 0.6 is 0 Å². The van der Waals surface area contributed by atoms with Crippen molar-refractivity contribution in [3.63, 3.8) is 0 Å². The van der Waals surface area contributed by atoms with Crippen molar-refractivity contribution in [1.82, 2.24) is 14.7 Å². The molecule has 2 aliphatic rings. The van der Waals surface area contributed by atoms with Crippen LogP contribution in [0.3, 0.4) is 0 Å². The number of ether oxygens (including phenoxy) is 1. The van der Waals surface area contributed by atoms with Crippen molar-refractivity contribution in [2.75, 3.05) is 33.4 Å². The number of rotatable bonds is 4. The van der Waals surface area contributed by atoms with Crippen LogP contribution in [0, 0.1) is 5.92 Å². The molecule has 0 saturated carbocycles. The molecule has 0 aromatic carbocycles. The molecule has 2 fully saturated rings. The Labute approximate surface area is 148 Å². The smallest absolute Gasteiger partial charge is 0.326 e. The van der Waals surface area contributed by atoms with Gasteiger partial charge in [-0.3, -0.25) is 4.79 Å². The van der Waals surface area contributed by atoms with Gasteiger partial charge in [-0.05, 0) is 24.8 Å². The molecule has 140 valence electrons. The van der Waals surface area contributed by atoms with Gasteiger partial charge in [-0.1, -0.05) is 20.4 Å². The number of urea groups is 1. The number of nitrogens with zero attached hydrogens (tertiary/aromatic N) is 3. The topological polar surface area (TPSA) is 90.4 Å². The highest BCUT2D eigenvalue weighted by Crippen LogP contribution is 2.32. The summed E-state index contributed by atoms with van der Waals surface area (Å²) in [6, 6.07) is -1.14. The Bertz CT molecular complexity index is 554. The minimum absolute atomic E-state index is 0.156. The molecular formula is C17H27N3O5. The van der Waals surface area contributed by atoms with Crippen LogP contribution in [0.4, 0.5) is 4.79 Å². The van der Waals surface area contributed by atoms with Gasteiger partial charge in [0.2, 0.25) is 5.91 Å². The maximum atomic E-state index is 12.6. The summed E-state index contributed by atoms with van der Waals surface area (Å²) in [7, 11) is 1.53. The van der Waals surface area contributed by atoms with E-state index >= 15 is 0 Å². The largest absolute Gasteiger partial charge is 0.480 e. The zero-order valence-electron chi connectivity index (χ0n) is 15.1. The standard InChI is InChI=1S/C17H27N3O5/c1-5-13(21)20-10-17(25-11-20)6-8-19(9-7-17)16(24)18(4)14(12(2)3)15(22)23/h5,12,14H,1,6-11H2,2-4H3,(H,22,23). The van der Waals surface area contributed by atoms with Gasteiger partial charge in [0.25, 0.3) is 0 Å². The number of carbonyl (C=O) groups is 3. The third-order valence-electron chi connectivity index (χ3n) is 5.04. The molecule has 3 amide bonds. The second-order valence-electron chi connectivity index (χ2n) is 7.10. The first kappa shape index (κ1) is 19.2. The first-order valence-electron chi connectivity index (χ1n) is 8.50. The lowest BCUT2D eigenvalue weighted by atomic mass is 9.91. The lowest BCUT2D eigenvalue weighted by Crippen LogP contribution is -2.55. The fourth-order valence-electron chi connectivity index (χ4n) is 3.57. The van der Waals surface area contributed by atoms with Gasteiger partial charge >= 0.3 is 12.0 Å². The Morgan fingerprint density at radius 2 is 1.84 bits per heavy atom. The maximum absolute atomic E-state index is 12.6. The lowest BCUT2D eigenvalue weighted by molar-refractivity contribution is -0.143. The summed E-state index contributed by atoms with van der Waals surface area (Å²) in [4.78, 5) is 40.3. The molecule has 1 N–H and O–H groups in total. The van der Waals surface area contributed by atoms with Crippen LogP contribution in [0.2, 0.25) is 0 Å². The average Bonchev–Trinajstić information content (AvgIpc) is 2.97. The number of carboxylic acid groups (broad SMARTS) is 1. The Hall–Kier alpha value is -2.09. The Kier molecular flexibility index (Phi) is 5.72. The third kappa shape index (κ3) is 3.95. The fourth-order valence-corrected chi connectivity index (χ4v) is 3.57. The van der Waals surface area contributed by atoms with Crippen LogP contribution in [-0.2, 0) is 14.3 Å². The van der Waals surface area contributed by atoms with E-state index in [1.54, 1.807) is 23.6 Å². The van der Waals surface area contributed by atoms with Gasteiger partial charge < -0.3 is 24.5 Å². The molecule has 0 radical (unpaired) electrons. The molecule has 25 heavy (non-hydrogen) atoms. The van der Waals surface area contributed by atoms with Crippen molar-refractivity contribution in [3.05, 3.63) is 12.7 Å². The van der Waals surface area contributed by atoms with Gasteiger partial charge in [0.05, 0.1) is 12.1 Å².